The number of morpholine rings is 1. The summed E-state index contributed by atoms with van der Waals surface area (Å²) in [6, 6.07) is 4.08. The molecular weight excluding hydrogens is 340 g/mol. The van der Waals surface area contributed by atoms with Crippen molar-refractivity contribution in [2.24, 2.45) is 0 Å². The molecule has 132 valence electrons. The molecule has 0 N–H and O–H groups in total. The van der Waals surface area contributed by atoms with E-state index in [0.717, 1.165) is 16.4 Å². The Morgan fingerprint density at radius 1 is 1.17 bits per heavy atom. The molecule has 1 aromatic carbocycles. The van der Waals surface area contributed by atoms with Gasteiger partial charge in [-0.25, -0.2) is 17.2 Å². The molecule has 1 aliphatic rings. The van der Waals surface area contributed by atoms with Crippen LogP contribution in [0.5, 0.6) is 0 Å². The van der Waals surface area contributed by atoms with E-state index in [9.17, 15) is 17.2 Å². The molecule has 1 saturated heterocycles. The molecule has 1 aromatic rings. The van der Waals surface area contributed by atoms with E-state index in [0.29, 0.717) is 38.9 Å². The van der Waals surface area contributed by atoms with E-state index in [2.05, 4.69) is 0 Å². The van der Waals surface area contributed by atoms with E-state index in [4.69, 9.17) is 10.00 Å². The van der Waals surface area contributed by atoms with Crippen LogP contribution in [0.15, 0.2) is 23.1 Å². The maximum absolute atomic E-state index is 13.4. The molecule has 1 heterocycles. The fraction of sp³-hybridized carbons (Fsp3) is 0.533. The second-order valence-corrected chi connectivity index (χ2v) is 7.31. The van der Waals surface area contributed by atoms with E-state index in [-0.39, 0.29) is 19.5 Å². The van der Waals surface area contributed by atoms with E-state index < -0.39 is 26.6 Å². The summed E-state index contributed by atoms with van der Waals surface area (Å²) < 4.78 is 58.3. The van der Waals surface area contributed by atoms with Gasteiger partial charge in [0.05, 0.1) is 24.2 Å². The highest BCUT2D eigenvalue weighted by Gasteiger charge is 2.26. The van der Waals surface area contributed by atoms with Crippen LogP contribution in [-0.4, -0.2) is 63.6 Å². The summed E-state index contributed by atoms with van der Waals surface area (Å²) in [7, 11) is -4.07. The number of rotatable bonds is 7. The molecule has 0 unspecified atom stereocenters. The highest BCUT2D eigenvalue weighted by molar-refractivity contribution is 7.89. The molecule has 0 bridgehead atoms. The van der Waals surface area contributed by atoms with E-state index >= 15 is 0 Å². The summed E-state index contributed by atoms with van der Waals surface area (Å²) in [5.74, 6) is -1.91. The van der Waals surface area contributed by atoms with Crippen LogP contribution in [0, 0.1) is 23.0 Å². The second-order valence-electron chi connectivity index (χ2n) is 5.37. The fourth-order valence-electron chi connectivity index (χ4n) is 2.43. The molecule has 0 atom stereocenters. The third kappa shape index (κ3) is 4.95. The minimum atomic E-state index is -4.07. The van der Waals surface area contributed by atoms with Gasteiger partial charge < -0.3 is 4.74 Å². The van der Waals surface area contributed by atoms with Crippen molar-refractivity contribution in [3.8, 4) is 6.07 Å². The number of nitriles is 1. The lowest BCUT2D eigenvalue weighted by Gasteiger charge is -2.29. The molecule has 0 spiro atoms. The van der Waals surface area contributed by atoms with Gasteiger partial charge in [0.15, 0.2) is 0 Å². The Kier molecular flexibility index (Phi) is 6.62. The maximum Gasteiger partial charge on any atom is 0.243 e. The Hall–Kier alpha value is -1.60. The summed E-state index contributed by atoms with van der Waals surface area (Å²) in [5, 5.41) is 8.74. The summed E-state index contributed by atoms with van der Waals surface area (Å²) in [6.07, 6.45) is 0.000138. The number of nitrogens with zero attached hydrogens (tertiary/aromatic N) is 3. The lowest BCUT2D eigenvalue weighted by molar-refractivity contribution is 0.0363. The zero-order valence-corrected chi connectivity index (χ0v) is 13.9. The molecular formula is C15H19F2N3O3S. The van der Waals surface area contributed by atoms with Crippen molar-refractivity contribution in [2.45, 2.75) is 11.3 Å². The Labute approximate surface area is 140 Å². The largest absolute Gasteiger partial charge is 0.379 e. The van der Waals surface area contributed by atoms with Crippen molar-refractivity contribution in [3.63, 3.8) is 0 Å². The molecule has 0 aliphatic carbocycles. The number of halogens is 2. The van der Waals surface area contributed by atoms with Crippen molar-refractivity contribution in [1.29, 1.82) is 5.26 Å². The van der Waals surface area contributed by atoms with Gasteiger partial charge >= 0.3 is 0 Å². The van der Waals surface area contributed by atoms with Gasteiger partial charge in [-0.1, -0.05) is 0 Å². The topological polar surface area (TPSA) is 73.6 Å². The predicted molar refractivity (Wildman–Crippen MR) is 82.6 cm³/mol. The van der Waals surface area contributed by atoms with Gasteiger partial charge in [-0.05, 0) is 12.1 Å². The average Bonchev–Trinajstić information content (AvgIpc) is 2.54. The molecule has 6 nitrogen and oxygen atoms in total. The number of benzene rings is 1. The molecule has 0 saturated carbocycles. The predicted octanol–water partition coefficient (Wildman–Crippen LogP) is 1.20. The minimum absolute atomic E-state index is 0.000138. The summed E-state index contributed by atoms with van der Waals surface area (Å²) in [5.41, 5.74) is 0. The molecule has 2 rings (SSSR count). The summed E-state index contributed by atoms with van der Waals surface area (Å²) >= 11 is 0. The number of sulfonamides is 1. The molecule has 0 radical (unpaired) electrons. The Morgan fingerprint density at radius 3 is 2.38 bits per heavy atom. The molecule has 24 heavy (non-hydrogen) atoms. The van der Waals surface area contributed by atoms with Gasteiger partial charge in [0.1, 0.15) is 11.6 Å². The third-order valence-electron chi connectivity index (χ3n) is 3.72. The third-order valence-corrected chi connectivity index (χ3v) is 5.59. The average molecular weight is 359 g/mol. The summed E-state index contributed by atoms with van der Waals surface area (Å²) in [6.45, 7) is 3.14. The van der Waals surface area contributed by atoms with Gasteiger partial charge in [0.2, 0.25) is 10.0 Å². The standard InChI is InChI=1S/C15H19F2N3O3S/c16-13-10-14(17)12-15(11-13)24(21,22)20(3-1-2-18)5-4-19-6-8-23-9-7-19/h10-12H,1,3-9H2. The fourth-order valence-corrected chi connectivity index (χ4v) is 3.91. The first-order chi connectivity index (χ1) is 11.4. The highest BCUT2D eigenvalue weighted by atomic mass is 32.2. The van der Waals surface area contributed by atoms with Gasteiger partial charge in [-0.2, -0.15) is 9.57 Å². The normalized spacial score (nSPS) is 16.2. The van der Waals surface area contributed by atoms with E-state index in [1.54, 1.807) is 0 Å². The number of hydrogen-bond acceptors (Lipinski definition) is 5. The first kappa shape index (κ1) is 18.7. The smallest absolute Gasteiger partial charge is 0.243 e. The van der Waals surface area contributed by atoms with Crippen molar-refractivity contribution < 1.29 is 21.9 Å². The van der Waals surface area contributed by atoms with Crippen LogP contribution in [-0.2, 0) is 14.8 Å². The molecule has 1 fully saturated rings. The summed E-state index contributed by atoms with van der Waals surface area (Å²) in [4.78, 5) is 1.60. The Balaban J connectivity index is 2.16. The van der Waals surface area contributed by atoms with Crippen LogP contribution in [0.25, 0.3) is 0 Å². The van der Waals surface area contributed by atoms with Gasteiger partial charge in [0.25, 0.3) is 0 Å². The Bertz CT molecular complexity index is 680. The van der Waals surface area contributed by atoms with Crippen LogP contribution in [0.3, 0.4) is 0 Å². The van der Waals surface area contributed by atoms with Crippen LogP contribution in [0.2, 0.25) is 0 Å². The maximum atomic E-state index is 13.4. The zero-order chi connectivity index (χ0) is 17.6. The number of hydrogen-bond donors (Lipinski definition) is 0. The first-order valence-corrected chi connectivity index (χ1v) is 9.01. The van der Waals surface area contributed by atoms with Crippen molar-refractivity contribution in [3.05, 3.63) is 29.8 Å². The quantitative estimate of drug-likeness (QED) is 0.731. The molecule has 0 amide bonds. The lowest BCUT2D eigenvalue weighted by atomic mass is 10.3. The Morgan fingerprint density at radius 2 is 1.79 bits per heavy atom. The molecule has 9 heteroatoms. The van der Waals surface area contributed by atoms with Gasteiger partial charge in [0, 0.05) is 45.2 Å². The lowest BCUT2D eigenvalue weighted by Crippen LogP contribution is -2.43. The monoisotopic (exact) mass is 359 g/mol. The zero-order valence-electron chi connectivity index (χ0n) is 13.1. The van der Waals surface area contributed by atoms with Crippen molar-refractivity contribution in [2.75, 3.05) is 45.9 Å². The van der Waals surface area contributed by atoms with Crippen LogP contribution < -0.4 is 0 Å². The number of ether oxygens (including phenoxy) is 1. The minimum Gasteiger partial charge on any atom is -0.379 e. The SMILES string of the molecule is N#CCCN(CCN1CCOCC1)S(=O)(=O)c1cc(F)cc(F)c1. The van der Waals surface area contributed by atoms with Crippen LogP contribution in [0.1, 0.15) is 6.42 Å². The van der Waals surface area contributed by atoms with Crippen LogP contribution >= 0.6 is 0 Å². The van der Waals surface area contributed by atoms with E-state index in [1.165, 1.54) is 0 Å². The van der Waals surface area contributed by atoms with Gasteiger partial charge in [-0.3, -0.25) is 4.90 Å². The van der Waals surface area contributed by atoms with Gasteiger partial charge in [-0.15, -0.1) is 0 Å². The second kappa shape index (κ2) is 8.48. The van der Waals surface area contributed by atoms with Crippen LogP contribution in [0.4, 0.5) is 8.78 Å². The molecule has 0 aromatic heterocycles. The highest BCUT2D eigenvalue weighted by Crippen LogP contribution is 2.19. The van der Waals surface area contributed by atoms with Crippen molar-refractivity contribution in [1.82, 2.24) is 9.21 Å². The molecule has 1 aliphatic heterocycles. The first-order valence-electron chi connectivity index (χ1n) is 7.57. The van der Waals surface area contributed by atoms with E-state index in [1.807, 2.05) is 11.0 Å². The van der Waals surface area contributed by atoms with Crippen molar-refractivity contribution >= 4 is 10.0 Å².